The molecule has 0 spiro atoms. The molecule has 2 fully saturated rings. The van der Waals surface area contributed by atoms with Gasteiger partial charge in [0.25, 0.3) is 5.91 Å². The van der Waals surface area contributed by atoms with E-state index in [0.29, 0.717) is 49.9 Å². The van der Waals surface area contributed by atoms with Crippen molar-refractivity contribution in [2.45, 2.75) is 18.9 Å². The number of nitrogens with zero attached hydrogens (tertiary/aromatic N) is 3. The molecule has 1 N–H and O–H groups in total. The molecule has 148 valence electrons. The van der Waals surface area contributed by atoms with E-state index in [4.69, 9.17) is 0 Å². The minimum atomic E-state index is -0.0320. The normalized spacial score (nSPS) is 16.9. The molecule has 0 bridgehead atoms. The molecule has 1 aliphatic heterocycles. The van der Waals surface area contributed by atoms with E-state index in [-0.39, 0.29) is 11.8 Å². The number of rotatable bonds is 5. The van der Waals surface area contributed by atoms with E-state index < -0.39 is 0 Å². The van der Waals surface area contributed by atoms with Crippen LogP contribution in [0.5, 0.6) is 0 Å². The lowest BCUT2D eigenvalue weighted by molar-refractivity contribution is -0.122. The quantitative estimate of drug-likeness (QED) is 0.852. The Labute approximate surface area is 170 Å². The molecule has 29 heavy (non-hydrogen) atoms. The summed E-state index contributed by atoms with van der Waals surface area (Å²) in [5.41, 5.74) is 2.71. The fourth-order valence-corrected chi connectivity index (χ4v) is 3.70. The molecule has 2 aromatic carbocycles. The average molecular weight is 388 g/mol. The third-order valence-corrected chi connectivity index (χ3v) is 5.46. The smallest absolute Gasteiger partial charge is 0.254 e. The molecule has 1 saturated heterocycles. The summed E-state index contributed by atoms with van der Waals surface area (Å²) in [5.74, 6) is 0.0427. The summed E-state index contributed by atoms with van der Waals surface area (Å²) in [5, 5.41) is 12.4. The lowest BCUT2D eigenvalue weighted by Gasteiger charge is -2.34. The summed E-state index contributed by atoms with van der Waals surface area (Å²) in [6, 6.07) is 17.4. The van der Waals surface area contributed by atoms with Gasteiger partial charge in [-0.3, -0.25) is 14.5 Å². The van der Waals surface area contributed by atoms with Gasteiger partial charge in [-0.25, -0.2) is 0 Å². The molecule has 2 amide bonds. The zero-order valence-electron chi connectivity index (χ0n) is 16.3. The molecule has 0 radical (unpaired) electrons. The molecule has 6 nitrogen and oxygen atoms in total. The second-order valence-corrected chi connectivity index (χ2v) is 7.61. The van der Waals surface area contributed by atoms with Crippen molar-refractivity contribution < 1.29 is 9.59 Å². The van der Waals surface area contributed by atoms with Crippen molar-refractivity contribution in [2.75, 3.05) is 32.7 Å². The maximum atomic E-state index is 13.2. The van der Waals surface area contributed by atoms with Crippen molar-refractivity contribution in [2.24, 2.45) is 0 Å². The van der Waals surface area contributed by atoms with Gasteiger partial charge in [-0.1, -0.05) is 36.4 Å². The zero-order valence-corrected chi connectivity index (χ0v) is 16.3. The average Bonchev–Trinajstić information content (AvgIpc) is 3.57. The van der Waals surface area contributed by atoms with Gasteiger partial charge < -0.3 is 10.2 Å². The predicted molar refractivity (Wildman–Crippen MR) is 110 cm³/mol. The molecule has 2 aliphatic rings. The number of nitrogens with one attached hydrogen (secondary N) is 1. The third kappa shape index (κ3) is 4.47. The number of carbonyl (C=O) groups excluding carboxylic acids is 2. The predicted octanol–water partition coefficient (Wildman–Crippen LogP) is 2.26. The van der Waals surface area contributed by atoms with Crippen LogP contribution in [0.4, 0.5) is 0 Å². The van der Waals surface area contributed by atoms with Gasteiger partial charge in [-0.05, 0) is 30.5 Å². The van der Waals surface area contributed by atoms with Crippen LogP contribution in [-0.4, -0.2) is 60.4 Å². The first-order valence-corrected chi connectivity index (χ1v) is 10.1. The Kier molecular flexibility index (Phi) is 5.59. The van der Waals surface area contributed by atoms with Gasteiger partial charge in [0, 0.05) is 43.3 Å². The number of hydrogen-bond acceptors (Lipinski definition) is 4. The molecule has 1 aliphatic carbocycles. The number of benzene rings is 2. The number of hydrogen-bond donors (Lipinski definition) is 1. The van der Waals surface area contributed by atoms with Gasteiger partial charge in [0.15, 0.2) is 0 Å². The summed E-state index contributed by atoms with van der Waals surface area (Å²) in [4.78, 5) is 29.2. The molecule has 1 heterocycles. The summed E-state index contributed by atoms with van der Waals surface area (Å²) >= 11 is 0. The minimum Gasteiger partial charge on any atom is -0.352 e. The van der Waals surface area contributed by atoms with Crippen LogP contribution in [0.1, 0.15) is 28.8 Å². The van der Waals surface area contributed by atoms with E-state index in [0.717, 1.165) is 24.0 Å². The van der Waals surface area contributed by atoms with Crippen LogP contribution < -0.4 is 5.32 Å². The van der Waals surface area contributed by atoms with Crippen molar-refractivity contribution >= 4 is 11.8 Å². The number of nitriles is 1. The lowest BCUT2D eigenvalue weighted by atomic mass is 9.95. The fourth-order valence-electron chi connectivity index (χ4n) is 3.70. The molecule has 0 atom stereocenters. The van der Waals surface area contributed by atoms with Gasteiger partial charge in [-0.15, -0.1) is 0 Å². The Morgan fingerprint density at radius 2 is 1.62 bits per heavy atom. The Bertz CT molecular complexity index is 953. The summed E-state index contributed by atoms with van der Waals surface area (Å²) in [6.45, 7) is 2.93. The van der Waals surface area contributed by atoms with Crippen LogP contribution in [0.2, 0.25) is 0 Å². The van der Waals surface area contributed by atoms with Crippen LogP contribution in [0.3, 0.4) is 0 Å². The summed E-state index contributed by atoms with van der Waals surface area (Å²) in [6.07, 6.45) is 2.17. The van der Waals surface area contributed by atoms with E-state index in [1.165, 1.54) is 0 Å². The van der Waals surface area contributed by atoms with Gasteiger partial charge in [-0.2, -0.15) is 5.26 Å². The topological polar surface area (TPSA) is 76.4 Å². The van der Waals surface area contributed by atoms with Gasteiger partial charge >= 0.3 is 0 Å². The first-order valence-electron chi connectivity index (χ1n) is 10.1. The highest BCUT2D eigenvalue weighted by Crippen LogP contribution is 2.28. The van der Waals surface area contributed by atoms with Crippen LogP contribution in [-0.2, 0) is 4.79 Å². The highest BCUT2D eigenvalue weighted by molar-refractivity contribution is 6.01. The van der Waals surface area contributed by atoms with E-state index in [1.807, 2.05) is 47.4 Å². The standard InChI is InChI=1S/C23H24N4O2/c24-15-17-5-1-2-6-19(17)20-7-3-4-8-21(20)23(29)27-13-11-26(12-14-27)16-22(28)25-18-9-10-18/h1-8,18H,9-14,16H2,(H,25,28). The van der Waals surface area contributed by atoms with Crippen molar-refractivity contribution in [1.82, 2.24) is 15.1 Å². The molecule has 6 heteroatoms. The highest BCUT2D eigenvalue weighted by atomic mass is 16.2. The molecule has 0 aromatic heterocycles. The fraction of sp³-hybridized carbons (Fsp3) is 0.348. The van der Waals surface area contributed by atoms with Crippen molar-refractivity contribution in [3.8, 4) is 17.2 Å². The van der Waals surface area contributed by atoms with Crippen molar-refractivity contribution in [1.29, 1.82) is 5.26 Å². The largest absolute Gasteiger partial charge is 0.352 e. The van der Waals surface area contributed by atoms with Crippen LogP contribution >= 0.6 is 0 Å². The second-order valence-electron chi connectivity index (χ2n) is 7.61. The maximum absolute atomic E-state index is 13.2. The number of carbonyl (C=O) groups is 2. The maximum Gasteiger partial charge on any atom is 0.254 e. The first kappa shape index (κ1) is 19.2. The summed E-state index contributed by atoms with van der Waals surface area (Å²) in [7, 11) is 0. The number of piperazine rings is 1. The van der Waals surface area contributed by atoms with Crippen molar-refractivity contribution in [3.63, 3.8) is 0 Å². The number of amides is 2. The monoisotopic (exact) mass is 388 g/mol. The molecular weight excluding hydrogens is 364 g/mol. The summed E-state index contributed by atoms with van der Waals surface area (Å²) < 4.78 is 0. The second kappa shape index (κ2) is 8.46. The Hall–Kier alpha value is -3.17. The van der Waals surface area contributed by atoms with E-state index in [1.54, 1.807) is 6.07 Å². The SMILES string of the molecule is N#Cc1ccccc1-c1ccccc1C(=O)N1CCN(CC(=O)NC2CC2)CC1. The highest BCUT2D eigenvalue weighted by Gasteiger charge is 2.27. The minimum absolute atomic E-state index is 0.0320. The van der Waals surface area contributed by atoms with Crippen molar-refractivity contribution in [3.05, 3.63) is 59.7 Å². The Balaban J connectivity index is 1.44. The Morgan fingerprint density at radius 3 is 2.31 bits per heavy atom. The third-order valence-electron chi connectivity index (χ3n) is 5.46. The Morgan fingerprint density at radius 1 is 0.966 bits per heavy atom. The first-order chi connectivity index (χ1) is 14.2. The van der Waals surface area contributed by atoms with E-state index in [2.05, 4.69) is 16.3 Å². The van der Waals surface area contributed by atoms with Crippen LogP contribution in [0, 0.1) is 11.3 Å². The van der Waals surface area contributed by atoms with Gasteiger partial charge in [0.2, 0.25) is 5.91 Å². The molecule has 4 rings (SSSR count). The van der Waals surface area contributed by atoms with Crippen LogP contribution in [0.15, 0.2) is 48.5 Å². The molecule has 0 unspecified atom stereocenters. The zero-order chi connectivity index (χ0) is 20.2. The molecule has 1 saturated carbocycles. The van der Waals surface area contributed by atoms with E-state index in [9.17, 15) is 14.9 Å². The van der Waals surface area contributed by atoms with Gasteiger partial charge in [0.1, 0.15) is 0 Å². The molecular formula is C23H24N4O2. The van der Waals surface area contributed by atoms with E-state index >= 15 is 0 Å². The molecule has 2 aromatic rings. The van der Waals surface area contributed by atoms with Gasteiger partial charge in [0.05, 0.1) is 18.2 Å². The lowest BCUT2D eigenvalue weighted by Crippen LogP contribution is -2.51. The van der Waals surface area contributed by atoms with Crippen LogP contribution in [0.25, 0.3) is 11.1 Å².